The first-order chi connectivity index (χ1) is 15.0. The number of benzene rings is 1. The highest BCUT2D eigenvalue weighted by atomic mass is 16.3. The van der Waals surface area contributed by atoms with Crippen LogP contribution < -0.4 is 10.2 Å². The Bertz CT molecular complexity index is 1040. The van der Waals surface area contributed by atoms with Crippen molar-refractivity contribution in [3.05, 3.63) is 84.1 Å². The molecule has 0 aliphatic heterocycles. The van der Waals surface area contributed by atoms with Gasteiger partial charge in [-0.05, 0) is 62.1 Å². The Morgan fingerprint density at radius 2 is 1.66 bits per heavy atom. The smallest absolute Gasteiger partial charge is 0.294 e. The lowest BCUT2D eigenvalue weighted by atomic mass is 9.87. The lowest BCUT2D eigenvalue weighted by molar-refractivity contribution is -0.123. The molecule has 0 fully saturated rings. The molecule has 2 heterocycles. The van der Waals surface area contributed by atoms with Crippen LogP contribution in [0.2, 0.25) is 0 Å². The second-order valence-electron chi connectivity index (χ2n) is 9.88. The van der Waals surface area contributed by atoms with Crippen LogP contribution in [0.5, 0.6) is 0 Å². The molecule has 0 aliphatic carbocycles. The number of furan rings is 1. The molecule has 3 rings (SSSR count). The van der Waals surface area contributed by atoms with Crippen molar-refractivity contribution in [3.8, 4) is 0 Å². The summed E-state index contributed by atoms with van der Waals surface area (Å²) < 4.78 is 5.40. The van der Waals surface area contributed by atoms with Crippen LogP contribution in [0.4, 0.5) is 5.69 Å². The van der Waals surface area contributed by atoms with E-state index < -0.39 is 17.5 Å². The van der Waals surface area contributed by atoms with Crippen molar-refractivity contribution < 1.29 is 14.0 Å². The van der Waals surface area contributed by atoms with E-state index in [1.807, 2.05) is 45.0 Å². The zero-order chi connectivity index (χ0) is 23.5. The van der Waals surface area contributed by atoms with Crippen LogP contribution >= 0.6 is 0 Å². The standard InChI is InChI=1S/C26H31N3O3/c1-25(2,3)19-11-13-20(14-12-19)29(24(31)21-10-8-16-32-21)22(18-9-7-15-27-17-18)23(30)28-26(4,5)6/h7-17,22H,1-6H3,(H,28,30)/t22-/m0/s1. The number of amides is 2. The maximum absolute atomic E-state index is 13.6. The molecule has 168 valence electrons. The summed E-state index contributed by atoms with van der Waals surface area (Å²) in [6, 6.07) is 13.6. The number of nitrogens with one attached hydrogen (secondary N) is 1. The van der Waals surface area contributed by atoms with E-state index in [0.29, 0.717) is 11.3 Å². The summed E-state index contributed by atoms with van der Waals surface area (Å²) in [4.78, 5) is 32.8. The highest BCUT2D eigenvalue weighted by Gasteiger charge is 2.36. The van der Waals surface area contributed by atoms with Gasteiger partial charge in [0.15, 0.2) is 5.76 Å². The van der Waals surface area contributed by atoms with Gasteiger partial charge in [0.25, 0.3) is 5.91 Å². The number of carbonyl (C=O) groups is 2. The normalized spacial score (nSPS) is 12.8. The molecule has 0 saturated carbocycles. The Morgan fingerprint density at radius 1 is 0.969 bits per heavy atom. The van der Waals surface area contributed by atoms with Gasteiger partial charge in [-0.15, -0.1) is 0 Å². The summed E-state index contributed by atoms with van der Waals surface area (Å²) in [6.45, 7) is 12.1. The van der Waals surface area contributed by atoms with Crippen LogP contribution in [0.3, 0.4) is 0 Å². The van der Waals surface area contributed by atoms with E-state index in [4.69, 9.17) is 4.42 Å². The largest absolute Gasteiger partial charge is 0.459 e. The highest BCUT2D eigenvalue weighted by molar-refractivity contribution is 6.08. The first-order valence-electron chi connectivity index (χ1n) is 10.7. The average Bonchev–Trinajstić information content (AvgIpc) is 3.25. The molecule has 3 aromatic rings. The molecule has 2 aromatic heterocycles. The van der Waals surface area contributed by atoms with Crippen molar-refractivity contribution >= 4 is 17.5 Å². The van der Waals surface area contributed by atoms with Crippen LogP contribution in [0.1, 0.15) is 69.3 Å². The number of anilines is 1. The number of pyridine rings is 1. The molecule has 0 unspecified atom stereocenters. The van der Waals surface area contributed by atoms with Gasteiger partial charge in [0.1, 0.15) is 6.04 Å². The Kier molecular flexibility index (Phi) is 6.53. The number of aromatic nitrogens is 1. The second-order valence-corrected chi connectivity index (χ2v) is 9.88. The van der Waals surface area contributed by atoms with Gasteiger partial charge >= 0.3 is 0 Å². The summed E-state index contributed by atoms with van der Waals surface area (Å²) in [7, 11) is 0. The molecule has 32 heavy (non-hydrogen) atoms. The lowest BCUT2D eigenvalue weighted by Crippen LogP contribution is -2.49. The molecule has 1 aromatic carbocycles. The van der Waals surface area contributed by atoms with E-state index in [1.165, 1.54) is 11.2 Å². The number of hydrogen-bond acceptors (Lipinski definition) is 4. The van der Waals surface area contributed by atoms with E-state index in [2.05, 4.69) is 31.1 Å². The van der Waals surface area contributed by atoms with E-state index in [-0.39, 0.29) is 17.1 Å². The minimum absolute atomic E-state index is 0.0409. The van der Waals surface area contributed by atoms with Gasteiger partial charge in [-0.2, -0.15) is 0 Å². The van der Waals surface area contributed by atoms with Crippen molar-refractivity contribution in [2.75, 3.05) is 4.90 Å². The number of carbonyl (C=O) groups excluding carboxylic acids is 2. The van der Waals surface area contributed by atoms with Gasteiger partial charge in [-0.3, -0.25) is 19.5 Å². The van der Waals surface area contributed by atoms with Gasteiger partial charge in [0, 0.05) is 29.2 Å². The summed E-state index contributed by atoms with van der Waals surface area (Å²) in [5.74, 6) is -0.552. The lowest BCUT2D eigenvalue weighted by Gasteiger charge is -2.33. The second kappa shape index (κ2) is 8.99. The third kappa shape index (κ3) is 5.44. The topological polar surface area (TPSA) is 75.4 Å². The summed E-state index contributed by atoms with van der Waals surface area (Å²) in [6.07, 6.45) is 4.69. The number of nitrogens with zero attached hydrogens (tertiary/aromatic N) is 2. The van der Waals surface area contributed by atoms with Gasteiger partial charge in [0.2, 0.25) is 5.91 Å². The molecule has 0 spiro atoms. The predicted octanol–water partition coefficient (Wildman–Crippen LogP) is 5.27. The molecule has 2 amide bonds. The SMILES string of the molecule is CC(C)(C)NC(=O)[C@H](c1cccnc1)N(C(=O)c1ccco1)c1ccc(C(C)(C)C)cc1. The maximum atomic E-state index is 13.6. The first-order valence-corrected chi connectivity index (χ1v) is 10.7. The Hall–Kier alpha value is -3.41. The Morgan fingerprint density at radius 3 is 2.16 bits per heavy atom. The third-order valence-electron chi connectivity index (χ3n) is 4.97. The van der Waals surface area contributed by atoms with Crippen molar-refractivity contribution in [2.24, 2.45) is 0 Å². The van der Waals surface area contributed by atoms with Crippen LogP contribution in [-0.4, -0.2) is 22.3 Å². The molecule has 0 bridgehead atoms. The van der Waals surface area contributed by atoms with Crippen LogP contribution in [0.25, 0.3) is 0 Å². The number of hydrogen-bond donors (Lipinski definition) is 1. The first kappa shape index (κ1) is 23.3. The van der Waals surface area contributed by atoms with Crippen molar-refractivity contribution in [1.82, 2.24) is 10.3 Å². The molecule has 6 nitrogen and oxygen atoms in total. The number of rotatable bonds is 5. The minimum Gasteiger partial charge on any atom is -0.459 e. The molecule has 0 saturated heterocycles. The molecular formula is C26H31N3O3. The highest BCUT2D eigenvalue weighted by Crippen LogP contribution is 2.32. The fourth-order valence-electron chi connectivity index (χ4n) is 3.42. The zero-order valence-electron chi connectivity index (χ0n) is 19.5. The van der Waals surface area contributed by atoms with Crippen LogP contribution in [-0.2, 0) is 10.2 Å². The summed E-state index contributed by atoms with van der Waals surface area (Å²) >= 11 is 0. The fourth-order valence-corrected chi connectivity index (χ4v) is 3.42. The summed E-state index contributed by atoms with van der Waals surface area (Å²) in [5, 5.41) is 3.01. The van der Waals surface area contributed by atoms with E-state index in [9.17, 15) is 9.59 Å². The minimum atomic E-state index is -0.930. The Balaban J connectivity index is 2.15. The van der Waals surface area contributed by atoms with E-state index in [0.717, 1.165) is 5.56 Å². The van der Waals surface area contributed by atoms with Gasteiger partial charge in [-0.25, -0.2) is 0 Å². The van der Waals surface area contributed by atoms with Gasteiger partial charge < -0.3 is 9.73 Å². The fraction of sp³-hybridized carbons (Fsp3) is 0.346. The predicted molar refractivity (Wildman–Crippen MR) is 126 cm³/mol. The molecular weight excluding hydrogens is 402 g/mol. The summed E-state index contributed by atoms with van der Waals surface area (Å²) in [5.41, 5.74) is 1.81. The molecule has 0 aliphatic rings. The average molecular weight is 434 g/mol. The quantitative estimate of drug-likeness (QED) is 0.594. The van der Waals surface area contributed by atoms with Crippen molar-refractivity contribution in [2.45, 2.75) is 58.5 Å². The molecule has 0 radical (unpaired) electrons. The third-order valence-corrected chi connectivity index (χ3v) is 4.97. The maximum Gasteiger partial charge on any atom is 0.294 e. The Labute approximate surface area is 189 Å². The molecule has 1 atom stereocenters. The van der Waals surface area contributed by atoms with Gasteiger partial charge in [-0.1, -0.05) is 39.0 Å². The monoisotopic (exact) mass is 433 g/mol. The van der Waals surface area contributed by atoms with E-state index >= 15 is 0 Å². The van der Waals surface area contributed by atoms with Crippen molar-refractivity contribution in [1.29, 1.82) is 0 Å². The van der Waals surface area contributed by atoms with Crippen LogP contribution in [0.15, 0.2) is 71.6 Å². The van der Waals surface area contributed by atoms with E-state index in [1.54, 1.807) is 36.7 Å². The zero-order valence-corrected chi connectivity index (χ0v) is 19.5. The molecule has 6 heteroatoms. The van der Waals surface area contributed by atoms with Crippen molar-refractivity contribution in [3.63, 3.8) is 0 Å². The molecule has 1 N–H and O–H groups in total. The van der Waals surface area contributed by atoms with Gasteiger partial charge in [0.05, 0.1) is 6.26 Å². The van der Waals surface area contributed by atoms with Crippen LogP contribution in [0, 0.1) is 0 Å².